The van der Waals surface area contributed by atoms with E-state index in [9.17, 15) is 18.0 Å². The second-order valence-corrected chi connectivity index (χ2v) is 11.4. The number of nitrogens with one attached hydrogen (secondary N) is 2. The van der Waals surface area contributed by atoms with Crippen LogP contribution >= 0.6 is 0 Å². The van der Waals surface area contributed by atoms with Gasteiger partial charge in [-0.1, -0.05) is 78.9 Å². The Morgan fingerprint density at radius 3 is 2.07 bits per heavy atom. The highest BCUT2D eigenvalue weighted by molar-refractivity contribution is 7.89. The highest BCUT2D eigenvalue weighted by Crippen LogP contribution is 2.18. The van der Waals surface area contributed by atoms with Gasteiger partial charge in [0, 0.05) is 6.54 Å². The lowest BCUT2D eigenvalue weighted by Crippen LogP contribution is -2.39. The molecule has 9 nitrogen and oxygen atoms in total. The van der Waals surface area contributed by atoms with Crippen molar-refractivity contribution >= 4 is 28.1 Å². The molecule has 1 unspecified atom stereocenters. The smallest absolute Gasteiger partial charge is 0.258 e. The molecular weight excluding hydrogens is 552 g/mol. The predicted octanol–water partition coefficient (Wildman–Crippen LogP) is 4.28. The number of ether oxygens (including phenoxy) is 1. The summed E-state index contributed by atoms with van der Waals surface area (Å²) in [6.45, 7) is 1.39. The van der Waals surface area contributed by atoms with Gasteiger partial charge >= 0.3 is 0 Å². The molecule has 0 radical (unpaired) electrons. The number of hydrazone groups is 1. The lowest BCUT2D eigenvalue weighted by Gasteiger charge is -2.21. The first-order valence-corrected chi connectivity index (χ1v) is 14.7. The van der Waals surface area contributed by atoms with E-state index in [0.717, 1.165) is 15.4 Å². The third-order valence-corrected chi connectivity index (χ3v) is 8.04. The minimum absolute atomic E-state index is 0.0276. The molecule has 0 fully saturated rings. The maximum Gasteiger partial charge on any atom is 0.258 e. The Bertz CT molecular complexity index is 1580. The van der Waals surface area contributed by atoms with Crippen LogP contribution in [0.4, 0.5) is 0 Å². The Kier molecular flexibility index (Phi) is 10.6. The average molecular weight is 585 g/mol. The molecule has 0 heterocycles. The molecule has 4 rings (SSSR count). The van der Waals surface area contributed by atoms with E-state index in [1.54, 1.807) is 54.6 Å². The number of benzene rings is 4. The zero-order chi connectivity index (χ0) is 29.8. The molecular formula is C32H32N4O5S. The summed E-state index contributed by atoms with van der Waals surface area (Å²) < 4.78 is 33.3. The van der Waals surface area contributed by atoms with E-state index in [4.69, 9.17) is 4.74 Å². The molecule has 0 aliphatic rings. The first-order valence-electron chi connectivity index (χ1n) is 13.3. The summed E-state index contributed by atoms with van der Waals surface area (Å²) in [5, 5.41) is 6.87. The van der Waals surface area contributed by atoms with Crippen LogP contribution in [-0.2, 0) is 26.2 Å². The predicted molar refractivity (Wildman–Crippen MR) is 161 cm³/mol. The molecule has 216 valence electrons. The number of sulfonamides is 1. The van der Waals surface area contributed by atoms with Crippen molar-refractivity contribution < 1.29 is 22.7 Å². The summed E-state index contributed by atoms with van der Waals surface area (Å²) in [7, 11) is -3.93. The Morgan fingerprint density at radius 1 is 0.833 bits per heavy atom. The first-order chi connectivity index (χ1) is 20.3. The van der Waals surface area contributed by atoms with E-state index >= 15 is 0 Å². The number of hydrogen-bond donors (Lipinski definition) is 2. The summed E-state index contributed by atoms with van der Waals surface area (Å²) in [4.78, 5) is 25.0. The van der Waals surface area contributed by atoms with E-state index in [0.29, 0.717) is 11.3 Å². The maximum absolute atomic E-state index is 13.3. The Labute approximate surface area is 245 Å². The minimum atomic E-state index is -3.93. The van der Waals surface area contributed by atoms with Gasteiger partial charge in [-0.3, -0.25) is 9.59 Å². The second kappa shape index (κ2) is 14.7. The van der Waals surface area contributed by atoms with Crippen LogP contribution < -0.4 is 15.5 Å². The van der Waals surface area contributed by atoms with Crippen molar-refractivity contribution in [2.24, 2.45) is 5.10 Å². The van der Waals surface area contributed by atoms with Crippen molar-refractivity contribution in [3.63, 3.8) is 0 Å². The third kappa shape index (κ3) is 8.85. The number of carbonyl (C=O) groups is 2. The van der Waals surface area contributed by atoms with Crippen LogP contribution in [-0.4, -0.2) is 43.9 Å². The van der Waals surface area contributed by atoms with Gasteiger partial charge in [0.1, 0.15) is 5.75 Å². The zero-order valence-corrected chi connectivity index (χ0v) is 23.9. The summed E-state index contributed by atoms with van der Waals surface area (Å²) in [5.74, 6) is -0.325. The zero-order valence-electron chi connectivity index (χ0n) is 23.1. The molecule has 42 heavy (non-hydrogen) atoms. The molecule has 0 saturated heterocycles. The molecule has 10 heteroatoms. The van der Waals surface area contributed by atoms with Crippen molar-refractivity contribution in [2.45, 2.75) is 24.4 Å². The van der Waals surface area contributed by atoms with Crippen LogP contribution in [0.2, 0.25) is 0 Å². The van der Waals surface area contributed by atoms with E-state index in [2.05, 4.69) is 15.8 Å². The van der Waals surface area contributed by atoms with Crippen LogP contribution in [0.15, 0.2) is 125 Å². The van der Waals surface area contributed by atoms with Crippen LogP contribution in [0.3, 0.4) is 0 Å². The third-order valence-electron chi connectivity index (χ3n) is 6.23. The summed E-state index contributed by atoms with van der Waals surface area (Å²) >= 11 is 0. The number of amides is 2. The van der Waals surface area contributed by atoms with Crippen LogP contribution in [0.1, 0.15) is 29.7 Å². The monoisotopic (exact) mass is 584 g/mol. The molecule has 2 N–H and O–H groups in total. The Balaban J connectivity index is 1.29. The fraction of sp³-hybridized carbons (Fsp3) is 0.156. The quantitative estimate of drug-likeness (QED) is 0.180. The second-order valence-electron chi connectivity index (χ2n) is 9.42. The molecule has 2 amide bonds. The minimum Gasteiger partial charge on any atom is -0.484 e. The van der Waals surface area contributed by atoms with Gasteiger partial charge < -0.3 is 10.1 Å². The van der Waals surface area contributed by atoms with E-state index in [1.165, 1.54) is 18.3 Å². The molecule has 1 atom stereocenters. The maximum atomic E-state index is 13.3. The van der Waals surface area contributed by atoms with E-state index in [-0.39, 0.29) is 30.0 Å². The molecule has 4 aromatic carbocycles. The topological polar surface area (TPSA) is 117 Å². The van der Waals surface area contributed by atoms with E-state index in [1.807, 2.05) is 55.5 Å². The fourth-order valence-electron chi connectivity index (χ4n) is 4.04. The largest absolute Gasteiger partial charge is 0.484 e. The molecule has 0 bridgehead atoms. The van der Waals surface area contributed by atoms with Crippen molar-refractivity contribution in [3.8, 4) is 5.75 Å². The van der Waals surface area contributed by atoms with Crippen molar-refractivity contribution in [2.75, 3.05) is 13.2 Å². The normalized spacial score (nSPS) is 12.1. The summed E-state index contributed by atoms with van der Waals surface area (Å²) in [6, 6.07) is 33.4. The van der Waals surface area contributed by atoms with Crippen LogP contribution in [0.5, 0.6) is 5.75 Å². The number of nitrogens with zero attached hydrogens (tertiary/aromatic N) is 2. The molecule has 0 saturated carbocycles. The number of hydrogen-bond acceptors (Lipinski definition) is 6. The number of rotatable bonds is 13. The first kappa shape index (κ1) is 30.2. The average Bonchev–Trinajstić information content (AvgIpc) is 3.01. The SMILES string of the molecule is CC(NC(=O)COc1ccc(/C=N/NC(=O)CN(Cc2ccccc2)S(=O)(=O)c2ccccc2)cc1)c1ccccc1. The van der Waals surface area contributed by atoms with Crippen molar-refractivity contribution in [1.82, 2.24) is 15.0 Å². The number of carbonyl (C=O) groups excluding carboxylic acids is 2. The van der Waals surface area contributed by atoms with Crippen LogP contribution in [0.25, 0.3) is 0 Å². The molecule has 0 aromatic heterocycles. The molecule has 0 aliphatic heterocycles. The van der Waals surface area contributed by atoms with Gasteiger partial charge in [0.05, 0.1) is 23.7 Å². The molecule has 0 aliphatic carbocycles. The van der Waals surface area contributed by atoms with Gasteiger partial charge in [0.25, 0.3) is 11.8 Å². The Morgan fingerprint density at radius 2 is 1.43 bits per heavy atom. The highest BCUT2D eigenvalue weighted by atomic mass is 32.2. The highest BCUT2D eigenvalue weighted by Gasteiger charge is 2.26. The van der Waals surface area contributed by atoms with E-state index < -0.39 is 22.5 Å². The fourth-order valence-corrected chi connectivity index (χ4v) is 5.44. The van der Waals surface area contributed by atoms with Crippen molar-refractivity contribution in [3.05, 3.63) is 132 Å². The van der Waals surface area contributed by atoms with Crippen LogP contribution in [0, 0.1) is 0 Å². The van der Waals surface area contributed by atoms with Gasteiger partial charge in [-0.15, -0.1) is 0 Å². The standard InChI is InChI=1S/C32H32N4O5S/c1-25(28-13-7-3-8-14-28)34-32(38)24-41-29-19-17-26(18-20-29)21-33-35-31(37)23-36(22-27-11-5-2-6-12-27)42(39,40)30-15-9-4-10-16-30/h2-21,25H,22-24H2,1H3,(H,34,38)(H,35,37)/b33-21+. The summed E-state index contributed by atoms with van der Waals surface area (Å²) in [5.41, 5.74) is 4.82. The van der Waals surface area contributed by atoms with Gasteiger partial charge in [0.2, 0.25) is 10.0 Å². The Hall–Kier alpha value is -4.80. The van der Waals surface area contributed by atoms with Gasteiger partial charge in [-0.05, 0) is 60.0 Å². The van der Waals surface area contributed by atoms with Gasteiger partial charge in [-0.2, -0.15) is 9.41 Å². The van der Waals surface area contributed by atoms with Crippen molar-refractivity contribution in [1.29, 1.82) is 0 Å². The van der Waals surface area contributed by atoms with Gasteiger partial charge in [-0.25, -0.2) is 13.8 Å². The van der Waals surface area contributed by atoms with Gasteiger partial charge in [0.15, 0.2) is 6.61 Å². The lowest BCUT2D eigenvalue weighted by molar-refractivity contribution is -0.124. The lowest BCUT2D eigenvalue weighted by atomic mass is 10.1. The molecule has 0 spiro atoms. The molecule has 4 aromatic rings. The summed E-state index contributed by atoms with van der Waals surface area (Å²) in [6.07, 6.45) is 1.43.